The Balaban J connectivity index is 2.01. The molecular weight excluding hydrogens is 328 g/mol. The van der Waals surface area contributed by atoms with E-state index in [1.807, 2.05) is 0 Å². The number of hydrogen-bond donors (Lipinski definition) is 1. The van der Waals surface area contributed by atoms with Gasteiger partial charge in [-0.05, 0) is 31.2 Å². The molecule has 0 heterocycles. The summed E-state index contributed by atoms with van der Waals surface area (Å²) in [6, 6.07) is 10.5. The van der Waals surface area contributed by atoms with Crippen molar-refractivity contribution in [2.45, 2.75) is 13.0 Å². The predicted molar refractivity (Wildman–Crippen MR) is 91.4 cm³/mol. The summed E-state index contributed by atoms with van der Waals surface area (Å²) in [5.74, 6) is 1.03. The van der Waals surface area contributed by atoms with Crippen LogP contribution in [0.15, 0.2) is 42.5 Å². The Morgan fingerprint density at radius 2 is 1.72 bits per heavy atom. The Kier molecular flexibility index (Phi) is 5.78. The molecule has 2 aromatic rings. The summed E-state index contributed by atoms with van der Waals surface area (Å²) >= 11 is 0. The number of benzene rings is 2. The zero-order chi connectivity index (χ0) is 18.4. The number of anilines is 1. The number of rotatable bonds is 7. The standard InChI is InChI=1S/C17H18N2O6/c1-11(25-14-7-5-13(6-8-14)19(21)22)17(20)18-12-4-9-15(23-2)16(10-12)24-3/h4-11H,1-3H3,(H,18,20). The minimum Gasteiger partial charge on any atom is -0.493 e. The van der Waals surface area contributed by atoms with Gasteiger partial charge in [-0.3, -0.25) is 14.9 Å². The second kappa shape index (κ2) is 8.00. The van der Waals surface area contributed by atoms with Gasteiger partial charge in [-0.1, -0.05) is 0 Å². The normalized spacial score (nSPS) is 11.3. The summed E-state index contributed by atoms with van der Waals surface area (Å²) in [7, 11) is 3.03. The van der Waals surface area contributed by atoms with Crippen molar-refractivity contribution in [3.05, 3.63) is 52.6 Å². The van der Waals surface area contributed by atoms with Gasteiger partial charge in [-0.2, -0.15) is 0 Å². The number of non-ortho nitro benzene ring substituents is 1. The van der Waals surface area contributed by atoms with Gasteiger partial charge in [0, 0.05) is 23.9 Å². The van der Waals surface area contributed by atoms with E-state index in [4.69, 9.17) is 14.2 Å². The van der Waals surface area contributed by atoms with Crippen molar-refractivity contribution < 1.29 is 23.9 Å². The van der Waals surface area contributed by atoms with Crippen LogP contribution in [0.2, 0.25) is 0 Å². The minimum absolute atomic E-state index is 0.0465. The van der Waals surface area contributed by atoms with Crippen LogP contribution in [0.25, 0.3) is 0 Å². The van der Waals surface area contributed by atoms with E-state index in [2.05, 4.69) is 5.32 Å². The molecule has 0 aliphatic rings. The monoisotopic (exact) mass is 346 g/mol. The molecule has 0 aromatic heterocycles. The van der Waals surface area contributed by atoms with Crippen molar-refractivity contribution >= 4 is 17.3 Å². The number of nitro benzene ring substituents is 1. The number of carbonyl (C=O) groups is 1. The fraction of sp³-hybridized carbons (Fsp3) is 0.235. The van der Waals surface area contributed by atoms with Crippen molar-refractivity contribution in [1.29, 1.82) is 0 Å². The molecule has 1 N–H and O–H groups in total. The first-order valence-electron chi connectivity index (χ1n) is 7.38. The third kappa shape index (κ3) is 4.60. The lowest BCUT2D eigenvalue weighted by molar-refractivity contribution is -0.384. The Hall–Kier alpha value is -3.29. The topological polar surface area (TPSA) is 99.9 Å². The third-order valence-electron chi connectivity index (χ3n) is 3.38. The van der Waals surface area contributed by atoms with Gasteiger partial charge >= 0.3 is 0 Å². The summed E-state index contributed by atoms with van der Waals surface area (Å²) < 4.78 is 15.8. The van der Waals surface area contributed by atoms with Gasteiger partial charge in [0.2, 0.25) is 0 Å². The van der Waals surface area contributed by atoms with Crippen LogP contribution in [0.4, 0.5) is 11.4 Å². The molecular formula is C17H18N2O6. The molecule has 0 radical (unpaired) electrons. The van der Waals surface area contributed by atoms with Crippen molar-refractivity contribution in [3.8, 4) is 17.2 Å². The first-order chi connectivity index (χ1) is 11.9. The van der Waals surface area contributed by atoms with Gasteiger partial charge < -0.3 is 19.5 Å². The van der Waals surface area contributed by atoms with Crippen LogP contribution in [0.3, 0.4) is 0 Å². The Morgan fingerprint density at radius 1 is 1.08 bits per heavy atom. The van der Waals surface area contributed by atoms with E-state index in [0.717, 1.165) is 0 Å². The van der Waals surface area contributed by atoms with Crippen LogP contribution in [0.1, 0.15) is 6.92 Å². The van der Waals surface area contributed by atoms with Crippen LogP contribution in [-0.4, -0.2) is 31.2 Å². The molecule has 2 rings (SSSR count). The summed E-state index contributed by atoms with van der Waals surface area (Å²) in [4.78, 5) is 22.4. The number of methoxy groups -OCH3 is 2. The average Bonchev–Trinajstić information content (AvgIpc) is 2.61. The summed E-state index contributed by atoms with van der Waals surface area (Å²) in [5.41, 5.74) is 0.483. The highest BCUT2D eigenvalue weighted by Crippen LogP contribution is 2.29. The molecule has 0 spiro atoms. The maximum atomic E-state index is 12.2. The molecule has 8 heteroatoms. The van der Waals surface area contributed by atoms with Crippen molar-refractivity contribution in [1.82, 2.24) is 0 Å². The quantitative estimate of drug-likeness (QED) is 0.611. The molecule has 0 bridgehead atoms. The van der Waals surface area contributed by atoms with Gasteiger partial charge in [0.1, 0.15) is 5.75 Å². The molecule has 1 unspecified atom stereocenters. The van der Waals surface area contributed by atoms with E-state index < -0.39 is 11.0 Å². The molecule has 25 heavy (non-hydrogen) atoms. The zero-order valence-electron chi connectivity index (χ0n) is 14.0. The van der Waals surface area contributed by atoms with E-state index in [9.17, 15) is 14.9 Å². The molecule has 8 nitrogen and oxygen atoms in total. The maximum absolute atomic E-state index is 12.2. The van der Waals surface area contributed by atoms with E-state index in [0.29, 0.717) is 22.9 Å². The largest absolute Gasteiger partial charge is 0.493 e. The first kappa shape index (κ1) is 18.1. The lowest BCUT2D eigenvalue weighted by Gasteiger charge is -2.15. The van der Waals surface area contributed by atoms with Gasteiger partial charge in [-0.25, -0.2) is 0 Å². The van der Waals surface area contributed by atoms with Crippen LogP contribution >= 0.6 is 0 Å². The minimum atomic E-state index is -0.797. The van der Waals surface area contributed by atoms with Crippen LogP contribution in [-0.2, 0) is 4.79 Å². The highest BCUT2D eigenvalue weighted by atomic mass is 16.6. The molecule has 0 aliphatic heterocycles. The Labute approximate surface area is 144 Å². The molecule has 132 valence electrons. The number of nitrogens with one attached hydrogen (secondary N) is 1. The summed E-state index contributed by atoms with van der Waals surface area (Å²) in [6.45, 7) is 1.58. The molecule has 0 saturated carbocycles. The predicted octanol–water partition coefficient (Wildman–Crippen LogP) is 3.02. The lowest BCUT2D eigenvalue weighted by Crippen LogP contribution is -2.30. The number of ether oxygens (including phenoxy) is 3. The second-order valence-electron chi connectivity index (χ2n) is 5.07. The molecule has 1 amide bonds. The Bertz CT molecular complexity index is 760. The van der Waals surface area contributed by atoms with Gasteiger partial charge in [0.15, 0.2) is 17.6 Å². The fourth-order valence-corrected chi connectivity index (χ4v) is 2.06. The van der Waals surface area contributed by atoms with Crippen LogP contribution < -0.4 is 19.5 Å². The lowest BCUT2D eigenvalue weighted by atomic mass is 10.2. The third-order valence-corrected chi connectivity index (χ3v) is 3.38. The number of nitro groups is 1. The van der Waals surface area contributed by atoms with E-state index >= 15 is 0 Å². The maximum Gasteiger partial charge on any atom is 0.269 e. The Morgan fingerprint density at radius 3 is 2.28 bits per heavy atom. The second-order valence-corrected chi connectivity index (χ2v) is 5.07. The van der Waals surface area contributed by atoms with E-state index in [1.165, 1.54) is 38.5 Å². The smallest absolute Gasteiger partial charge is 0.269 e. The van der Waals surface area contributed by atoms with E-state index in [1.54, 1.807) is 25.1 Å². The summed E-state index contributed by atoms with van der Waals surface area (Å²) in [6.07, 6.45) is -0.797. The van der Waals surface area contributed by atoms with Gasteiger partial charge in [-0.15, -0.1) is 0 Å². The van der Waals surface area contributed by atoms with Crippen molar-refractivity contribution in [2.75, 3.05) is 19.5 Å². The van der Waals surface area contributed by atoms with Crippen LogP contribution in [0.5, 0.6) is 17.2 Å². The summed E-state index contributed by atoms with van der Waals surface area (Å²) in [5, 5.41) is 13.3. The highest BCUT2D eigenvalue weighted by Gasteiger charge is 2.16. The first-order valence-corrected chi connectivity index (χ1v) is 7.38. The average molecular weight is 346 g/mol. The van der Waals surface area contributed by atoms with Crippen LogP contribution in [0, 0.1) is 10.1 Å². The van der Waals surface area contributed by atoms with Crippen molar-refractivity contribution in [2.24, 2.45) is 0 Å². The SMILES string of the molecule is COc1ccc(NC(=O)C(C)Oc2ccc([N+](=O)[O-])cc2)cc1OC. The zero-order valence-corrected chi connectivity index (χ0v) is 14.0. The number of hydrogen-bond acceptors (Lipinski definition) is 6. The number of nitrogens with zero attached hydrogens (tertiary/aromatic N) is 1. The molecule has 1 atom stereocenters. The fourth-order valence-electron chi connectivity index (χ4n) is 2.06. The van der Waals surface area contributed by atoms with Gasteiger partial charge in [0.05, 0.1) is 19.1 Å². The number of carbonyl (C=O) groups excluding carboxylic acids is 1. The van der Waals surface area contributed by atoms with Crippen molar-refractivity contribution in [3.63, 3.8) is 0 Å². The van der Waals surface area contributed by atoms with Gasteiger partial charge in [0.25, 0.3) is 11.6 Å². The molecule has 0 fully saturated rings. The molecule has 0 aliphatic carbocycles. The molecule has 2 aromatic carbocycles. The number of amides is 1. The molecule has 0 saturated heterocycles. The highest BCUT2D eigenvalue weighted by molar-refractivity contribution is 5.94. The van der Waals surface area contributed by atoms with E-state index in [-0.39, 0.29) is 11.6 Å².